The summed E-state index contributed by atoms with van der Waals surface area (Å²) >= 11 is 0. The van der Waals surface area contributed by atoms with Crippen LogP contribution in [0.25, 0.3) is 0 Å². The van der Waals surface area contributed by atoms with Crippen LogP contribution in [-0.4, -0.2) is 34.6 Å². The molecule has 0 aromatic heterocycles. The van der Waals surface area contributed by atoms with Crippen molar-refractivity contribution in [3.8, 4) is 0 Å². The third kappa shape index (κ3) is 2.33. The first-order valence-electron chi connectivity index (χ1n) is 6.07. The summed E-state index contributed by atoms with van der Waals surface area (Å²) in [4.78, 5) is 13.4. The summed E-state index contributed by atoms with van der Waals surface area (Å²) < 4.78 is 0. The van der Waals surface area contributed by atoms with Crippen molar-refractivity contribution in [1.29, 1.82) is 0 Å². The Hall–Kier alpha value is -0.570. The fourth-order valence-corrected chi connectivity index (χ4v) is 3.11. The highest BCUT2D eigenvalue weighted by atomic mass is 16.4. The molecular formula is C12H21NO2. The number of carboxylic acid groups (broad SMARTS) is 1. The zero-order valence-corrected chi connectivity index (χ0v) is 9.65. The Labute approximate surface area is 91.5 Å². The van der Waals surface area contributed by atoms with Gasteiger partial charge in [0.15, 0.2) is 0 Å². The van der Waals surface area contributed by atoms with E-state index in [9.17, 15) is 4.79 Å². The average molecular weight is 211 g/mol. The average Bonchev–Trinajstić information content (AvgIpc) is 2.87. The minimum absolute atomic E-state index is 0.353. The molecule has 86 valence electrons. The molecule has 2 aliphatic rings. The van der Waals surface area contributed by atoms with Crippen molar-refractivity contribution in [1.82, 2.24) is 4.90 Å². The van der Waals surface area contributed by atoms with Crippen LogP contribution in [0.4, 0.5) is 0 Å². The summed E-state index contributed by atoms with van der Waals surface area (Å²) in [6, 6.07) is 1.28. The van der Waals surface area contributed by atoms with E-state index in [2.05, 4.69) is 18.7 Å². The van der Waals surface area contributed by atoms with Crippen molar-refractivity contribution < 1.29 is 9.90 Å². The van der Waals surface area contributed by atoms with Crippen LogP contribution in [0, 0.1) is 11.8 Å². The molecule has 0 radical (unpaired) electrons. The maximum Gasteiger partial charge on any atom is 0.303 e. The lowest BCUT2D eigenvalue weighted by Gasteiger charge is -2.31. The zero-order valence-electron chi connectivity index (χ0n) is 9.65. The summed E-state index contributed by atoms with van der Waals surface area (Å²) in [5, 5.41) is 8.90. The minimum Gasteiger partial charge on any atom is -0.481 e. The van der Waals surface area contributed by atoms with Gasteiger partial charge in [-0.3, -0.25) is 9.69 Å². The van der Waals surface area contributed by atoms with Gasteiger partial charge in [-0.1, -0.05) is 13.8 Å². The molecule has 1 aliphatic heterocycles. The van der Waals surface area contributed by atoms with E-state index in [0.29, 0.717) is 24.3 Å². The van der Waals surface area contributed by atoms with E-state index in [1.165, 1.54) is 12.8 Å². The Morgan fingerprint density at radius 1 is 1.40 bits per heavy atom. The van der Waals surface area contributed by atoms with Crippen molar-refractivity contribution in [2.24, 2.45) is 11.8 Å². The maximum atomic E-state index is 10.8. The fraction of sp³-hybridized carbons (Fsp3) is 0.917. The van der Waals surface area contributed by atoms with E-state index in [1.807, 2.05) is 0 Å². The smallest absolute Gasteiger partial charge is 0.303 e. The van der Waals surface area contributed by atoms with E-state index in [0.717, 1.165) is 19.0 Å². The first kappa shape index (κ1) is 10.9. The molecule has 3 heteroatoms. The van der Waals surface area contributed by atoms with Crippen LogP contribution in [0.15, 0.2) is 0 Å². The van der Waals surface area contributed by atoms with Gasteiger partial charge in [-0.15, -0.1) is 0 Å². The van der Waals surface area contributed by atoms with Gasteiger partial charge in [0.05, 0.1) is 0 Å². The molecule has 0 aromatic rings. The monoisotopic (exact) mass is 211 g/mol. The summed E-state index contributed by atoms with van der Waals surface area (Å²) in [6.07, 6.45) is 4.07. The number of hydrogen-bond donors (Lipinski definition) is 1. The van der Waals surface area contributed by atoms with Gasteiger partial charge in [-0.2, -0.15) is 0 Å². The largest absolute Gasteiger partial charge is 0.481 e. The van der Waals surface area contributed by atoms with Crippen molar-refractivity contribution in [2.75, 3.05) is 6.54 Å². The van der Waals surface area contributed by atoms with Crippen LogP contribution in [0.5, 0.6) is 0 Å². The number of likely N-dealkylation sites (tertiary alicyclic amines) is 1. The number of rotatable bonds is 4. The van der Waals surface area contributed by atoms with Crippen LogP contribution in [0.2, 0.25) is 0 Å². The lowest BCUT2D eigenvalue weighted by molar-refractivity contribution is -0.138. The summed E-state index contributed by atoms with van der Waals surface area (Å²) in [5.41, 5.74) is 0. The first-order valence-corrected chi connectivity index (χ1v) is 6.07. The quantitative estimate of drug-likeness (QED) is 0.773. The Morgan fingerprint density at radius 2 is 2.07 bits per heavy atom. The van der Waals surface area contributed by atoms with Crippen molar-refractivity contribution >= 4 is 5.97 Å². The number of nitrogens with zero attached hydrogens (tertiary/aromatic N) is 1. The van der Waals surface area contributed by atoms with Crippen LogP contribution < -0.4 is 0 Å². The molecule has 1 heterocycles. The van der Waals surface area contributed by atoms with Gasteiger partial charge in [0.25, 0.3) is 0 Å². The molecule has 0 aromatic carbocycles. The number of hydrogen-bond acceptors (Lipinski definition) is 2. The maximum absolute atomic E-state index is 10.8. The third-order valence-electron chi connectivity index (χ3n) is 3.76. The third-order valence-corrected chi connectivity index (χ3v) is 3.76. The Balaban J connectivity index is 2.02. The summed E-state index contributed by atoms with van der Waals surface area (Å²) in [7, 11) is 0. The van der Waals surface area contributed by atoms with Gasteiger partial charge >= 0.3 is 5.97 Å². The lowest BCUT2D eigenvalue weighted by atomic mass is 9.89. The minimum atomic E-state index is -0.636. The van der Waals surface area contributed by atoms with Gasteiger partial charge in [0.2, 0.25) is 0 Å². The molecular weight excluding hydrogens is 190 g/mol. The lowest BCUT2D eigenvalue weighted by Crippen LogP contribution is -2.39. The second kappa shape index (κ2) is 4.12. The zero-order chi connectivity index (χ0) is 11.0. The Bertz CT molecular complexity index is 248. The highest BCUT2D eigenvalue weighted by Gasteiger charge is 2.43. The van der Waals surface area contributed by atoms with Crippen molar-refractivity contribution in [3.63, 3.8) is 0 Å². The molecule has 1 saturated heterocycles. The molecule has 15 heavy (non-hydrogen) atoms. The number of carboxylic acids is 1. The van der Waals surface area contributed by atoms with Crippen LogP contribution in [0.1, 0.15) is 39.5 Å². The highest BCUT2D eigenvalue weighted by Crippen LogP contribution is 2.39. The van der Waals surface area contributed by atoms with Gasteiger partial charge in [-0.25, -0.2) is 0 Å². The van der Waals surface area contributed by atoms with Gasteiger partial charge in [0.1, 0.15) is 0 Å². The molecule has 0 amide bonds. The van der Waals surface area contributed by atoms with Gasteiger partial charge in [0, 0.05) is 18.5 Å². The van der Waals surface area contributed by atoms with Crippen molar-refractivity contribution in [2.45, 2.75) is 51.6 Å². The fourth-order valence-electron chi connectivity index (χ4n) is 3.11. The molecule has 0 spiro atoms. The van der Waals surface area contributed by atoms with Crippen LogP contribution in [-0.2, 0) is 4.79 Å². The van der Waals surface area contributed by atoms with Crippen molar-refractivity contribution in [3.05, 3.63) is 0 Å². The molecule has 0 bridgehead atoms. The number of aliphatic carboxylic acids is 1. The Morgan fingerprint density at radius 3 is 2.53 bits per heavy atom. The molecule has 1 saturated carbocycles. The second-order valence-corrected chi connectivity index (χ2v) is 5.35. The van der Waals surface area contributed by atoms with E-state index in [1.54, 1.807) is 0 Å². The normalized spacial score (nSPS) is 32.5. The molecule has 2 fully saturated rings. The molecule has 2 rings (SSSR count). The van der Waals surface area contributed by atoms with Crippen LogP contribution >= 0.6 is 0 Å². The van der Waals surface area contributed by atoms with E-state index in [-0.39, 0.29) is 0 Å². The SMILES string of the molecule is CC(C)C1C(CC(=O)O)CCN1C1CC1. The topological polar surface area (TPSA) is 40.5 Å². The standard InChI is InChI=1S/C12H21NO2/c1-8(2)12-9(7-11(14)15)5-6-13(12)10-3-4-10/h8-10,12H,3-7H2,1-2H3,(H,14,15). The number of carbonyl (C=O) groups is 1. The second-order valence-electron chi connectivity index (χ2n) is 5.35. The molecule has 1 N–H and O–H groups in total. The predicted molar refractivity (Wildman–Crippen MR) is 58.7 cm³/mol. The molecule has 2 atom stereocenters. The highest BCUT2D eigenvalue weighted by molar-refractivity contribution is 5.67. The first-order chi connectivity index (χ1) is 7.09. The molecule has 2 unspecified atom stereocenters. The summed E-state index contributed by atoms with van der Waals surface area (Å²) in [5.74, 6) is 0.323. The molecule has 3 nitrogen and oxygen atoms in total. The van der Waals surface area contributed by atoms with Gasteiger partial charge < -0.3 is 5.11 Å². The van der Waals surface area contributed by atoms with E-state index < -0.39 is 5.97 Å². The van der Waals surface area contributed by atoms with Gasteiger partial charge in [-0.05, 0) is 37.6 Å². The van der Waals surface area contributed by atoms with Crippen LogP contribution in [0.3, 0.4) is 0 Å². The predicted octanol–water partition coefficient (Wildman–Crippen LogP) is 1.97. The molecule has 1 aliphatic carbocycles. The van der Waals surface area contributed by atoms with E-state index >= 15 is 0 Å². The Kier molecular flexibility index (Phi) is 3.01. The van der Waals surface area contributed by atoms with E-state index in [4.69, 9.17) is 5.11 Å². The summed E-state index contributed by atoms with van der Waals surface area (Å²) in [6.45, 7) is 5.56.